The summed E-state index contributed by atoms with van der Waals surface area (Å²) in [5, 5.41) is 12.2. The quantitative estimate of drug-likeness (QED) is 0.433. The molecule has 7 heteroatoms. The number of phenolic OH excluding ortho intramolecular Hbond substituents is 1. The monoisotopic (exact) mass is 430 g/mol. The predicted octanol–water partition coefficient (Wildman–Crippen LogP) is 3.60. The molecule has 3 rings (SSSR count). The molecule has 0 spiro atoms. The second kappa shape index (κ2) is 7.01. The highest BCUT2D eigenvalue weighted by molar-refractivity contribution is 9.10. The number of rotatable bonds is 2. The van der Waals surface area contributed by atoms with Crippen molar-refractivity contribution in [3.05, 3.63) is 63.1 Å². The largest absolute Gasteiger partial charge is 0.507 e. The smallest absolute Gasteiger partial charge is 0.270 e. The van der Waals surface area contributed by atoms with Gasteiger partial charge in [-0.1, -0.05) is 18.2 Å². The number of carbonyl (C=O) groups excluding carboxylic acids is 2. The van der Waals surface area contributed by atoms with Crippen molar-refractivity contribution in [1.82, 2.24) is 5.32 Å². The van der Waals surface area contributed by atoms with Gasteiger partial charge in [-0.25, -0.2) is 0 Å². The number of benzene rings is 2. The summed E-state index contributed by atoms with van der Waals surface area (Å²) in [6.07, 6.45) is 1.47. The van der Waals surface area contributed by atoms with E-state index in [0.29, 0.717) is 15.7 Å². The van der Waals surface area contributed by atoms with Crippen molar-refractivity contribution < 1.29 is 14.7 Å². The molecular formula is C19H15BrN2O3S. The lowest BCUT2D eigenvalue weighted by Crippen LogP contribution is -2.54. The SMILES string of the molecule is Cc1cccc(N2C(=O)/C(=C/c3ccc(O)c(Br)c3)C(=O)NC2=S)c1C. The third-order valence-corrected chi connectivity index (χ3v) is 5.12. The second-order valence-corrected chi connectivity index (χ2v) is 7.13. The minimum absolute atomic E-state index is 0.0305. The second-order valence-electron chi connectivity index (χ2n) is 5.89. The average molecular weight is 431 g/mol. The molecule has 1 aliphatic heterocycles. The van der Waals surface area contributed by atoms with E-state index in [-0.39, 0.29) is 16.4 Å². The molecule has 0 aliphatic carbocycles. The lowest BCUT2D eigenvalue weighted by molar-refractivity contribution is -0.122. The summed E-state index contributed by atoms with van der Waals surface area (Å²) in [5.74, 6) is -0.966. The molecule has 1 aliphatic rings. The third-order valence-electron chi connectivity index (χ3n) is 4.20. The van der Waals surface area contributed by atoms with Crippen molar-refractivity contribution >= 4 is 56.8 Å². The number of amides is 2. The van der Waals surface area contributed by atoms with Gasteiger partial charge in [-0.2, -0.15) is 0 Å². The Morgan fingerprint density at radius 2 is 1.92 bits per heavy atom. The van der Waals surface area contributed by atoms with Crippen LogP contribution in [0, 0.1) is 13.8 Å². The first-order chi connectivity index (χ1) is 12.3. The van der Waals surface area contributed by atoms with Gasteiger partial charge in [-0.3, -0.25) is 19.8 Å². The third kappa shape index (κ3) is 3.27. The van der Waals surface area contributed by atoms with Gasteiger partial charge in [0.1, 0.15) is 11.3 Å². The van der Waals surface area contributed by atoms with E-state index >= 15 is 0 Å². The average Bonchev–Trinajstić information content (AvgIpc) is 2.58. The minimum Gasteiger partial charge on any atom is -0.507 e. The van der Waals surface area contributed by atoms with E-state index in [0.717, 1.165) is 11.1 Å². The van der Waals surface area contributed by atoms with Gasteiger partial charge >= 0.3 is 0 Å². The highest BCUT2D eigenvalue weighted by Gasteiger charge is 2.35. The van der Waals surface area contributed by atoms with Gasteiger partial charge in [0, 0.05) is 0 Å². The summed E-state index contributed by atoms with van der Waals surface area (Å²) in [7, 11) is 0. The van der Waals surface area contributed by atoms with E-state index in [9.17, 15) is 14.7 Å². The Bertz CT molecular complexity index is 985. The number of hydrogen-bond acceptors (Lipinski definition) is 4. The molecule has 2 N–H and O–H groups in total. The Kier molecular flexibility index (Phi) is 4.93. The molecule has 0 unspecified atom stereocenters. The zero-order chi connectivity index (χ0) is 19.0. The van der Waals surface area contributed by atoms with Crippen molar-refractivity contribution in [2.24, 2.45) is 0 Å². The molecule has 0 atom stereocenters. The molecule has 1 fully saturated rings. The standard InChI is InChI=1S/C19H15BrN2O3S/c1-10-4-3-5-15(11(10)2)22-18(25)13(17(24)21-19(22)26)8-12-6-7-16(23)14(20)9-12/h3-9,23H,1-2H3,(H,21,24,26)/b13-8+. The molecular weight excluding hydrogens is 416 g/mol. The molecule has 1 heterocycles. The van der Waals surface area contributed by atoms with Crippen LogP contribution in [0.1, 0.15) is 16.7 Å². The molecule has 0 saturated carbocycles. The van der Waals surface area contributed by atoms with Crippen LogP contribution < -0.4 is 10.2 Å². The van der Waals surface area contributed by atoms with Crippen LogP contribution in [0.3, 0.4) is 0 Å². The molecule has 132 valence electrons. The van der Waals surface area contributed by atoms with E-state index in [1.165, 1.54) is 17.0 Å². The number of phenols is 1. The summed E-state index contributed by atoms with van der Waals surface area (Å²) in [6, 6.07) is 10.3. The van der Waals surface area contributed by atoms with Crippen LogP contribution in [0.4, 0.5) is 5.69 Å². The normalized spacial score (nSPS) is 16.2. The first kappa shape index (κ1) is 18.3. The molecule has 26 heavy (non-hydrogen) atoms. The summed E-state index contributed by atoms with van der Waals surface area (Å²) in [4.78, 5) is 26.7. The highest BCUT2D eigenvalue weighted by Crippen LogP contribution is 2.29. The zero-order valence-electron chi connectivity index (χ0n) is 14.0. The maximum Gasteiger partial charge on any atom is 0.270 e. The lowest BCUT2D eigenvalue weighted by Gasteiger charge is -2.30. The van der Waals surface area contributed by atoms with Gasteiger partial charge < -0.3 is 5.11 Å². The molecule has 2 aromatic rings. The topological polar surface area (TPSA) is 69.6 Å². The predicted molar refractivity (Wildman–Crippen MR) is 108 cm³/mol. The van der Waals surface area contributed by atoms with Crippen molar-refractivity contribution in [2.45, 2.75) is 13.8 Å². The van der Waals surface area contributed by atoms with Crippen molar-refractivity contribution in [2.75, 3.05) is 4.90 Å². The number of anilines is 1. The fourth-order valence-electron chi connectivity index (χ4n) is 2.63. The van der Waals surface area contributed by atoms with Crippen LogP contribution in [0.2, 0.25) is 0 Å². The van der Waals surface area contributed by atoms with E-state index in [1.807, 2.05) is 26.0 Å². The summed E-state index contributed by atoms with van der Waals surface area (Å²) in [5.41, 5.74) is 3.13. The van der Waals surface area contributed by atoms with Crippen molar-refractivity contribution in [3.8, 4) is 5.75 Å². The fourth-order valence-corrected chi connectivity index (χ4v) is 3.30. The van der Waals surface area contributed by atoms with Crippen LogP contribution >= 0.6 is 28.1 Å². The zero-order valence-corrected chi connectivity index (χ0v) is 16.4. The first-order valence-electron chi connectivity index (χ1n) is 7.76. The number of nitrogens with one attached hydrogen (secondary N) is 1. The molecule has 2 amide bonds. The Morgan fingerprint density at radius 1 is 1.19 bits per heavy atom. The molecule has 5 nitrogen and oxygen atoms in total. The van der Waals surface area contributed by atoms with Crippen LogP contribution in [0.15, 0.2) is 46.4 Å². The van der Waals surface area contributed by atoms with Crippen LogP contribution in [-0.4, -0.2) is 22.0 Å². The van der Waals surface area contributed by atoms with Crippen molar-refractivity contribution in [3.63, 3.8) is 0 Å². The van der Waals surface area contributed by atoms with Crippen LogP contribution in [0.5, 0.6) is 5.75 Å². The molecule has 0 aromatic heterocycles. The number of halogens is 1. The maximum atomic E-state index is 13.0. The Morgan fingerprint density at radius 3 is 2.62 bits per heavy atom. The Balaban J connectivity index is 2.07. The first-order valence-corrected chi connectivity index (χ1v) is 8.96. The molecule has 2 aromatic carbocycles. The van der Waals surface area contributed by atoms with Gasteiger partial charge in [0.15, 0.2) is 5.11 Å². The Labute approximate surface area is 164 Å². The highest BCUT2D eigenvalue weighted by atomic mass is 79.9. The van der Waals surface area contributed by atoms with Gasteiger partial charge in [0.25, 0.3) is 11.8 Å². The van der Waals surface area contributed by atoms with E-state index in [4.69, 9.17) is 12.2 Å². The Hall–Kier alpha value is -2.51. The number of carbonyl (C=O) groups is 2. The summed E-state index contributed by atoms with van der Waals surface area (Å²) in [6.45, 7) is 3.84. The van der Waals surface area contributed by atoms with Gasteiger partial charge in [-0.05, 0) is 83.0 Å². The summed E-state index contributed by atoms with van der Waals surface area (Å²) >= 11 is 8.45. The lowest BCUT2D eigenvalue weighted by atomic mass is 10.0. The molecule has 1 saturated heterocycles. The summed E-state index contributed by atoms with van der Waals surface area (Å²) < 4.78 is 0.470. The van der Waals surface area contributed by atoms with Crippen LogP contribution in [-0.2, 0) is 9.59 Å². The minimum atomic E-state index is -0.550. The number of aromatic hydroxyl groups is 1. The van der Waals surface area contributed by atoms with E-state index < -0.39 is 11.8 Å². The molecule has 0 radical (unpaired) electrons. The maximum absolute atomic E-state index is 13.0. The van der Waals surface area contributed by atoms with Crippen LogP contribution in [0.25, 0.3) is 6.08 Å². The number of hydrogen-bond donors (Lipinski definition) is 2. The van der Waals surface area contributed by atoms with Gasteiger partial charge in [0.05, 0.1) is 10.2 Å². The van der Waals surface area contributed by atoms with Crippen molar-refractivity contribution in [1.29, 1.82) is 0 Å². The number of aryl methyl sites for hydroxylation is 1. The number of thiocarbonyl (C=S) groups is 1. The van der Waals surface area contributed by atoms with Gasteiger partial charge in [-0.15, -0.1) is 0 Å². The van der Waals surface area contributed by atoms with E-state index in [2.05, 4.69) is 21.2 Å². The van der Waals surface area contributed by atoms with E-state index in [1.54, 1.807) is 18.2 Å². The van der Waals surface area contributed by atoms with Gasteiger partial charge in [0.2, 0.25) is 0 Å². The number of nitrogens with zero attached hydrogens (tertiary/aromatic N) is 1. The molecule has 0 bridgehead atoms. The fraction of sp³-hybridized carbons (Fsp3) is 0.105.